The monoisotopic (exact) mass is 418 g/mol. The van der Waals surface area contributed by atoms with E-state index in [2.05, 4.69) is 9.64 Å². The molecule has 0 aliphatic carbocycles. The highest BCUT2D eigenvalue weighted by molar-refractivity contribution is 7.86. The van der Waals surface area contributed by atoms with E-state index in [1.807, 2.05) is 7.05 Å². The number of ether oxygens (including phenoxy) is 1. The van der Waals surface area contributed by atoms with Crippen molar-refractivity contribution in [2.24, 2.45) is 0 Å². The normalized spacial score (nSPS) is 20.5. The fraction of sp³-hybridized carbons (Fsp3) is 0.588. The lowest BCUT2D eigenvalue weighted by molar-refractivity contribution is -0.0503. The number of likely N-dealkylation sites (N-methyl/N-ethyl adjacent to an activating group) is 1. The molecule has 28 heavy (non-hydrogen) atoms. The summed E-state index contributed by atoms with van der Waals surface area (Å²) in [5.74, 6) is -0.636. The van der Waals surface area contributed by atoms with Crippen LogP contribution in [0.5, 0.6) is 5.75 Å². The van der Waals surface area contributed by atoms with E-state index in [-0.39, 0.29) is 37.5 Å². The minimum atomic E-state index is -3.57. The van der Waals surface area contributed by atoms with Gasteiger partial charge in [-0.15, -0.1) is 0 Å². The number of halogens is 2. The lowest BCUT2D eigenvalue weighted by Gasteiger charge is -2.39. The molecule has 3 rings (SSSR count). The molecule has 0 radical (unpaired) electrons. The van der Waals surface area contributed by atoms with Crippen molar-refractivity contribution in [1.82, 2.24) is 18.4 Å². The standard InChI is InChI=1S/C17H24F2N4O4S/c1-20-6-10-22(11-7-20)28(25,26)23-12-8-21(9-13-23)16(24)14-4-2-3-5-15(14)27-17(18)19/h2-5,17H,6-13H2,1H3. The third-order valence-electron chi connectivity index (χ3n) is 4.97. The molecule has 0 unspecified atom stereocenters. The van der Waals surface area contributed by atoms with Crippen molar-refractivity contribution >= 4 is 16.1 Å². The van der Waals surface area contributed by atoms with Gasteiger partial charge in [-0.1, -0.05) is 12.1 Å². The molecule has 2 aliphatic heterocycles. The first-order valence-corrected chi connectivity index (χ1v) is 10.5. The predicted molar refractivity (Wildman–Crippen MR) is 98.5 cm³/mol. The van der Waals surface area contributed by atoms with Crippen molar-refractivity contribution in [2.45, 2.75) is 6.61 Å². The molecule has 2 heterocycles. The number of nitrogens with zero attached hydrogens (tertiary/aromatic N) is 4. The number of piperazine rings is 2. The molecule has 11 heteroatoms. The Hall–Kier alpha value is -1.82. The van der Waals surface area contributed by atoms with E-state index in [1.54, 1.807) is 6.07 Å². The summed E-state index contributed by atoms with van der Waals surface area (Å²) in [7, 11) is -1.62. The summed E-state index contributed by atoms with van der Waals surface area (Å²) in [5, 5.41) is 0. The van der Waals surface area contributed by atoms with Crippen LogP contribution in [0.4, 0.5) is 8.78 Å². The third-order valence-corrected chi connectivity index (χ3v) is 7.01. The molecule has 1 aromatic carbocycles. The Kier molecular flexibility index (Phi) is 6.48. The Morgan fingerprint density at radius 3 is 2.07 bits per heavy atom. The second-order valence-electron chi connectivity index (χ2n) is 6.78. The number of carbonyl (C=O) groups excluding carboxylic acids is 1. The van der Waals surface area contributed by atoms with Crippen molar-refractivity contribution in [3.8, 4) is 5.75 Å². The fourth-order valence-electron chi connectivity index (χ4n) is 3.32. The fourth-order valence-corrected chi connectivity index (χ4v) is 4.89. The largest absolute Gasteiger partial charge is 0.434 e. The van der Waals surface area contributed by atoms with Crippen LogP contribution in [0, 0.1) is 0 Å². The Labute approximate surface area is 163 Å². The van der Waals surface area contributed by atoms with E-state index < -0.39 is 22.7 Å². The van der Waals surface area contributed by atoms with Gasteiger partial charge in [0.2, 0.25) is 0 Å². The van der Waals surface area contributed by atoms with Crippen LogP contribution < -0.4 is 4.74 Å². The van der Waals surface area contributed by atoms with Crippen LogP contribution >= 0.6 is 0 Å². The zero-order valence-corrected chi connectivity index (χ0v) is 16.4. The summed E-state index contributed by atoms with van der Waals surface area (Å²) in [4.78, 5) is 16.2. The first kappa shape index (κ1) is 20.9. The van der Waals surface area contributed by atoms with Crippen LogP contribution in [-0.2, 0) is 10.2 Å². The second kappa shape index (κ2) is 8.68. The SMILES string of the molecule is CN1CCN(S(=O)(=O)N2CCN(C(=O)c3ccccc3OC(F)F)CC2)CC1. The maximum atomic E-state index is 12.8. The van der Waals surface area contributed by atoms with Gasteiger partial charge < -0.3 is 14.5 Å². The first-order chi connectivity index (χ1) is 13.3. The average molecular weight is 418 g/mol. The van der Waals surface area contributed by atoms with E-state index in [0.717, 1.165) is 0 Å². The van der Waals surface area contributed by atoms with Crippen LogP contribution in [0.1, 0.15) is 10.4 Å². The summed E-state index contributed by atoms with van der Waals surface area (Å²) in [5.41, 5.74) is 0.0400. The van der Waals surface area contributed by atoms with E-state index in [9.17, 15) is 22.0 Å². The molecule has 0 saturated carbocycles. The highest BCUT2D eigenvalue weighted by Crippen LogP contribution is 2.23. The zero-order chi connectivity index (χ0) is 20.3. The van der Waals surface area contributed by atoms with Crippen LogP contribution in [0.25, 0.3) is 0 Å². The third kappa shape index (κ3) is 4.59. The Morgan fingerprint density at radius 2 is 1.50 bits per heavy atom. The topological polar surface area (TPSA) is 73.4 Å². The van der Waals surface area contributed by atoms with Gasteiger partial charge in [-0.25, -0.2) is 0 Å². The van der Waals surface area contributed by atoms with Crippen LogP contribution in [0.3, 0.4) is 0 Å². The maximum Gasteiger partial charge on any atom is 0.387 e. The lowest BCUT2D eigenvalue weighted by Crippen LogP contribution is -2.57. The Bertz CT molecular complexity index is 792. The molecule has 0 N–H and O–H groups in total. The maximum absolute atomic E-state index is 12.8. The Balaban J connectivity index is 1.63. The van der Waals surface area contributed by atoms with Gasteiger partial charge in [0.15, 0.2) is 0 Å². The molecule has 8 nitrogen and oxygen atoms in total. The van der Waals surface area contributed by atoms with E-state index in [4.69, 9.17) is 0 Å². The molecule has 0 spiro atoms. The van der Waals surface area contributed by atoms with Crippen molar-refractivity contribution in [3.63, 3.8) is 0 Å². The Morgan fingerprint density at radius 1 is 0.964 bits per heavy atom. The number of amides is 1. The molecule has 0 aromatic heterocycles. The number of hydrogen-bond donors (Lipinski definition) is 0. The number of para-hydroxylation sites is 1. The summed E-state index contributed by atoms with van der Waals surface area (Å²) < 4.78 is 58.0. The van der Waals surface area contributed by atoms with Gasteiger partial charge in [0, 0.05) is 52.4 Å². The highest BCUT2D eigenvalue weighted by atomic mass is 32.2. The van der Waals surface area contributed by atoms with Gasteiger partial charge in [0.1, 0.15) is 5.75 Å². The van der Waals surface area contributed by atoms with Crippen LogP contribution in [-0.4, -0.2) is 98.8 Å². The van der Waals surface area contributed by atoms with Crippen molar-refractivity contribution in [3.05, 3.63) is 29.8 Å². The molecular formula is C17H24F2N4O4S. The van der Waals surface area contributed by atoms with E-state index in [1.165, 1.54) is 31.7 Å². The molecule has 0 atom stereocenters. The average Bonchev–Trinajstić information content (AvgIpc) is 2.68. The minimum Gasteiger partial charge on any atom is -0.434 e. The summed E-state index contributed by atoms with van der Waals surface area (Å²) in [6.07, 6.45) is 0. The minimum absolute atomic E-state index is 0.0400. The van der Waals surface area contributed by atoms with Crippen LogP contribution in [0.15, 0.2) is 24.3 Å². The number of rotatable bonds is 5. The molecule has 2 aliphatic rings. The summed E-state index contributed by atoms with van der Waals surface area (Å²) >= 11 is 0. The summed E-state index contributed by atoms with van der Waals surface area (Å²) in [6.45, 7) is -0.0798. The van der Waals surface area contributed by atoms with Gasteiger partial charge in [-0.3, -0.25) is 4.79 Å². The van der Waals surface area contributed by atoms with E-state index >= 15 is 0 Å². The second-order valence-corrected chi connectivity index (χ2v) is 8.70. The molecular weight excluding hydrogens is 394 g/mol. The zero-order valence-electron chi connectivity index (χ0n) is 15.6. The van der Waals surface area contributed by atoms with Crippen molar-refractivity contribution < 1.29 is 26.7 Å². The highest BCUT2D eigenvalue weighted by Gasteiger charge is 2.35. The number of alkyl halides is 2. The molecule has 1 amide bonds. The summed E-state index contributed by atoms with van der Waals surface area (Å²) in [6, 6.07) is 5.82. The smallest absolute Gasteiger partial charge is 0.387 e. The van der Waals surface area contributed by atoms with Gasteiger partial charge in [-0.2, -0.15) is 25.8 Å². The van der Waals surface area contributed by atoms with Gasteiger partial charge >= 0.3 is 6.61 Å². The first-order valence-electron chi connectivity index (χ1n) is 9.06. The lowest BCUT2D eigenvalue weighted by atomic mass is 10.1. The molecule has 1 aromatic rings. The quantitative estimate of drug-likeness (QED) is 0.698. The van der Waals surface area contributed by atoms with Gasteiger partial charge in [0.05, 0.1) is 5.56 Å². The van der Waals surface area contributed by atoms with Gasteiger partial charge in [0.25, 0.3) is 16.1 Å². The number of carbonyl (C=O) groups is 1. The molecule has 0 bridgehead atoms. The molecule has 2 saturated heterocycles. The van der Waals surface area contributed by atoms with Crippen molar-refractivity contribution in [1.29, 1.82) is 0 Å². The van der Waals surface area contributed by atoms with Crippen molar-refractivity contribution in [2.75, 3.05) is 59.4 Å². The van der Waals surface area contributed by atoms with Crippen LogP contribution in [0.2, 0.25) is 0 Å². The number of benzene rings is 1. The predicted octanol–water partition coefficient (Wildman–Crippen LogP) is 0.538. The van der Waals surface area contributed by atoms with E-state index in [0.29, 0.717) is 26.2 Å². The molecule has 2 fully saturated rings. The van der Waals surface area contributed by atoms with Gasteiger partial charge in [-0.05, 0) is 19.2 Å². The number of hydrogen-bond acceptors (Lipinski definition) is 5. The molecule has 156 valence electrons.